The molecule has 1 aromatic rings. The Morgan fingerprint density at radius 1 is 1.26 bits per heavy atom. The van der Waals surface area contributed by atoms with E-state index in [1.807, 2.05) is 7.05 Å². The fraction of sp³-hybridized carbons (Fsp3) is 0.526. The Morgan fingerprint density at radius 2 is 2.00 bits per heavy atom. The van der Waals surface area contributed by atoms with Gasteiger partial charge in [-0.1, -0.05) is 36.4 Å². The molecule has 0 saturated carbocycles. The van der Waals surface area contributed by atoms with Gasteiger partial charge in [0.15, 0.2) is 5.96 Å². The molecule has 0 radical (unpaired) electrons. The SMILES string of the molecule is CN=C(NCC(C)N1CCc2ccccc2C1)NC1CC=CC1. The summed E-state index contributed by atoms with van der Waals surface area (Å²) in [6.07, 6.45) is 7.82. The highest BCUT2D eigenvalue weighted by Crippen LogP contribution is 2.19. The summed E-state index contributed by atoms with van der Waals surface area (Å²) in [5.41, 5.74) is 2.99. The molecule has 1 unspecified atom stereocenters. The van der Waals surface area contributed by atoms with Crippen molar-refractivity contribution >= 4 is 5.96 Å². The fourth-order valence-corrected chi connectivity index (χ4v) is 3.39. The predicted octanol–water partition coefficient (Wildman–Crippen LogP) is 2.32. The van der Waals surface area contributed by atoms with Gasteiger partial charge in [-0.25, -0.2) is 0 Å². The summed E-state index contributed by atoms with van der Waals surface area (Å²) < 4.78 is 0. The highest BCUT2D eigenvalue weighted by Gasteiger charge is 2.20. The second kappa shape index (κ2) is 7.64. The Labute approximate surface area is 139 Å². The lowest BCUT2D eigenvalue weighted by Gasteiger charge is -2.34. The van der Waals surface area contributed by atoms with E-state index in [0.717, 1.165) is 44.9 Å². The van der Waals surface area contributed by atoms with Gasteiger partial charge in [0, 0.05) is 38.8 Å². The third kappa shape index (κ3) is 4.14. The highest BCUT2D eigenvalue weighted by molar-refractivity contribution is 5.80. The lowest BCUT2D eigenvalue weighted by Crippen LogP contribution is -2.49. The van der Waals surface area contributed by atoms with Crippen molar-refractivity contribution in [3.05, 3.63) is 47.5 Å². The normalized spacial score (nSPS) is 20.3. The van der Waals surface area contributed by atoms with Crippen LogP contribution in [0.5, 0.6) is 0 Å². The number of aliphatic imine (C=N–C) groups is 1. The molecule has 1 aromatic carbocycles. The molecule has 124 valence electrons. The van der Waals surface area contributed by atoms with Crippen molar-refractivity contribution < 1.29 is 0 Å². The van der Waals surface area contributed by atoms with Gasteiger partial charge in [0.1, 0.15) is 0 Å². The zero-order valence-corrected chi connectivity index (χ0v) is 14.3. The second-order valence-electron chi connectivity index (χ2n) is 6.58. The minimum absolute atomic E-state index is 0.489. The van der Waals surface area contributed by atoms with Crippen molar-refractivity contribution in [2.24, 2.45) is 4.99 Å². The first kappa shape index (κ1) is 16.1. The quantitative estimate of drug-likeness (QED) is 0.509. The molecule has 4 heteroatoms. The van der Waals surface area contributed by atoms with Crippen LogP contribution in [0, 0.1) is 0 Å². The third-order valence-corrected chi connectivity index (χ3v) is 4.92. The molecule has 0 spiro atoms. The van der Waals surface area contributed by atoms with Gasteiger partial charge >= 0.3 is 0 Å². The van der Waals surface area contributed by atoms with Crippen LogP contribution in [-0.4, -0.2) is 43.1 Å². The first-order valence-corrected chi connectivity index (χ1v) is 8.69. The number of guanidine groups is 1. The van der Waals surface area contributed by atoms with E-state index >= 15 is 0 Å². The van der Waals surface area contributed by atoms with Crippen LogP contribution in [0.25, 0.3) is 0 Å². The van der Waals surface area contributed by atoms with Crippen molar-refractivity contribution in [3.63, 3.8) is 0 Å². The van der Waals surface area contributed by atoms with Crippen LogP contribution < -0.4 is 10.6 Å². The monoisotopic (exact) mass is 312 g/mol. The minimum atomic E-state index is 0.489. The Morgan fingerprint density at radius 3 is 2.74 bits per heavy atom. The number of hydrogen-bond acceptors (Lipinski definition) is 2. The van der Waals surface area contributed by atoms with Gasteiger partial charge in [0.05, 0.1) is 0 Å². The summed E-state index contributed by atoms with van der Waals surface area (Å²) in [5.74, 6) is 0.919. The maximum absolute atomic E-state index is 4.35. The van der Waals surface area contributed by atoms with Gasteiger partial charge in [-0.2, -0.15) is 0 Å². The van der Waals surface area contributed by atoms with Crippen molar-refractivity contribution in [3.8, 4) is 0 Å². The molecule has 0 aromatic heterocycles. The summed E-state index contributed by atoms with van der Waals surface area (Å²) in [7, 11) is 1.85. The van der Waals surface area contributed by atoms with Gasteiger partial charge in [-0.05, 0) is 37.3 Å². The molecule has 2 aliphatic rings. The van der Waals surface area contributed by atoms with Gasteiger partial charge in [0.25, 0.3) is 0 Å². The van der Waals surface area contributed by atoms with Gasteiger partial charge < -0.3 is 10.6 Å². The number of nitrogens with zero attached hydrogens (tertiary/aromatic N) is 2. The lowest BCUT2D eigenvalue weighted by molar-refractivity contribution is 0.191. The number of hydrogen-bond donors (Lipinski definition) is 2. The number of fused-ring (bicyclic) bond motifs is 1. The largest absolute Gasteiger partial charge is 0.355 e. The minimum Gasteiger partial charge on any atom is -0.355 e. The molecule has 3 rings (SSSR count). The van der Waals surface area contributed by atoms with Crippen molar-refractivity contribution in [2.45, 2.75) is 44.8 Å². The molecule has 1 aliphatic heterocycles. The summed E-state index contributed by atoms with van der Waals surface area (Å²) >= 11 is 0. The van der Waals surface area contributed by atoms with Gasteiger partial charge in [-0.15, -0.1) is 0 Å². The highest BCUT2D eigenvalue weighted by atomic mass is 15.2. The van der Waals surface area contributed by atoms with Crippen LogP contribution in [0.1, 0.15) is 30.9 Å². The van der Waals surface area contributed by atoms with Crippen LogP contribution in [-0.2, 0) is 13.0 Å². The van der Waals surface area contributed by atoms with Crippen LogP contribution in [0.4, 0.5) is 0 Å². The first-order valence-electron chi connectivity index (χ1n) is 8.69. The average Bonchev–Trinajstić information content (AvgIpc) is 3.11. The zero-order chi connectivity index (χ0) is 16.1. The fourth-order valence-electron chi connectivity index (χ4n) is 3.39. The third-order valence-electron chi connectivity index (χ3n) is 4.92. The van der Waals surface area contributed by atoms with E-state index in [-0.39, 0.29) is 0 Å². The van der Waals surface area contributed by atoms with E-state index < -0.39 is 0 Å². The average molecular weight is 312 g/mol. The Kier molecular flexibility index (Phi) is 5.34. The topological polar surface area (TPSA) is 39.7 Å². The summed E-state index contributed by atoms with van der Waals surface area (Å²) in [6.45, 7) is 5.41. The molecule has 4 nitrogen and oxygen atoms in total. The maximum atomic E-state index is 4.35. The van der Waals surface area contributed by atoms with E-state index in [9.17, 15) is 0 Å². The molecule has 0 bridgehead atoms. The molecular weight excluding hydrogens is 284 g/mol. The number of nitrogens with one attached hydrogen (secondary N) is 2. The van der Waals surface area contributed by atoms with Crippen LogP contribution in [0.2, 0.25) is 0 Å². The molecule has 23 heavy (non-hydrogen) atoms. The molecule has 1 atom stereocenters. The summed E-state index contributed by atoms with van der Waals surface area (Å²) in [4.78, 5) is 6.91. The Balaban J connectivity index is 1.48. The van der Waals surface area contributed by atoms with Crippen LogP contribution >= 0.6 is 0 Å². The van der Waals surface area contributed by atoms with Crippen molar-refractivity contribution in [2.75, 3.05) is 20.1 Å². The van der Waals surface area contributed by atoms with E-state index in [0.29, 0.717) is 12.1 Å². The molecule has 0 saturated heterocycles. The standard InChI is InChI=1S/C19H28N4/c1-15(13-21-19(20-2)22-18-9-5-6-10-18)23-12-11-16-7-3-4-8-17(16)14-23/h3-8,15,18H,9-14H2,1-2H3,(H2,20,21,22). The van der Waals surface area contributed by atoms with Crippen molar-refractivity contribution in [1.29, 1.82) is 0 Å². The van der Waals surface area contributed by atoms with Gasteiger partial charge in [-0.3, -0.25) is 9.89 Å². The number of benzene rings is 1. The van der Waals surface area contributed by atoms with Gasteiger partial charge in [0.2, 0.25) is 0 Å². The smallest absolute Gasteiger partial charge is 0.191 e. The van der Waals surface area contributed by atoms with Crippen molar-refractivity contribution in [1.82, 2.24) is 15.5 Å². The first-order chi connectivity index (χ1) is 11.3. The summed E-state index contributed by atoms with van der Waals surface area (Å²) in [6, 6.07) is 9.80. The molecule has 2 N–H and O–H groups in total. The van der Waals surface area contributed by atoms with E-state index in [2.05, 4.69) is 63.9 Å². The predicted molar refractivity (Wildman–Crippen MR) is 96.7 cm³/mol. The van der Waals surface area contributed by atoms with E-state index in [4.69, 9.17) is 0 Å². The van der Waals surface area contributed by atoms with E-state index in [1.165, 1.54) is 11.1 Å². The zero-order valence-electron chi connectivity index (χ0n) is 14.3. The summed E-state index contributed by atoms with van der Waals surface area (Å²) in [5, 5.41) is 6.98. The molecular formula is C19H28N4. The van der Waals surface area contributed by atoms with Crippen LogP contribution in [0.3, 0.4) is 0 Å². The second-order valence-corrected chi connectivity index (χ2v) is 6.58. The molecule has 1 heterocycles. The van der Waals surface area contributed by atoms with Crippen LogP contribution in [0.15, 0.2) is 41.4 Å². The molecule has 0 fully saturated rings. The maximum Gasteiger partial charge on any atom is 0.191 e. The lowest BCUT2D eigenvalue weighted by atomic mass is 9.99. The molecule has 0 amide bonds. The Bertz CT molecular complexity index is 570. The Hall–Kier alpha value is -1.81. The number of rotatable bonds is 4. The van der Waals surface area contributed by atoms with E-state index in [1.54, 1.807) is 0 Å². The molecule has 1 aliphatic carbocycles.